The van der Waals surface area contributed by atoms with E-state index in [0.29, 0.717) is 0 Å². The molecule has 0 fully saturated rings. The van der Waals surface area contributed by atoms with Crippen LogP contribution in [0.5, 0.6) is 0 Å². The van der Waals surface area contributed by atoms with Crippen LogP contribution in [0, 0.1) is 0 Å². The smallest absolute Gasteiger partial charge is 0.0762 e. The van der Waals surface area contributed by atoms with Crippen LogP contribution < -0.4 is 0 Å². The first-order valence-electron chi connectivity index (χ1n) is 4.29. The molecular weight excluding hydrogens is 162 g/mol. The van der Waals surface area contributed by atoms with Crippen molar-refractivity contribution in [1.29, 1.82) is 0 Å². The first-order valence-corrected chi connectivity index (χ1v) is 4.29. The highest BCUT2D eigenvalue weighted by Gasteiger charge is 2.00. The van der Waals surface area contributed by atoms with E-state index in [0.717, 1.165) is 16.3 Å². The number of aromatic nitrogens is 1. The summed E-state index contributed by atoms with van der Waals surface area (Å²) in [4.78, 5) is 4.03. The lowest BCUT2D eigenvalue weighted by molar-refractivity contribution is 0.199. The lowest BCUT2D eigenvalue weighted by atomic mass is 10.1. The Bertz CT molecular complexity index is 423. The molecule has 0 saturated carbocycles. The van der Waals surface area contributed by atoms with Gasteiger partial charge in [0.15, 0.2) is 0 Å². The van der Waals surface area contributed by atoms with Crippen LogP contribution in [0.2, 0.25) is 0 Å². The third-order valence-corrected chi connectivity index (χ3v) is 2.15. The van der Waals surface area contributed by atoms with Gasteiger partial charge in [-0.25, -0.2) is 0 Å². The summed E-state index contributed by atoms with van der Waals surface area (Å²) in [5.74, 6) is 0. The Kier molecular flexibility index (Phi) is 1.99. The van der Waals surface area contributed by atoms with Crippen molar-refractivity contribution < 1.29 is 5.11 Å². The monoisotopic (exact) mass is 173 g/mol. The summed E-state index contributed by atoms with van der Waals surface area (Å²) in [7, 11) is 0. The minimum Gasteiger partial charge on any atom is -0.389 e. The van der Waals surface area contributed by atoms with Gasteiger partial charge in [-0.1, -0.05) is 12.1 Å². The van der Waals surface area contributed by atoms with Crippen molar-refractivity contribution in [1.82, 2.24) is 4.98 Å². The minimum atomic E-state index is -0.412. The summed E-state index contributed by atoms with van der Waals surface area (Å²) in [6, 6.07) is 7.86. The van der Waals surface area contributed by atoms with Crippen molar-refractivity contribution in [3.63, 3.8) is 0 Å². The maximum Gasteiger partial charge on any atom is 0.0762 e. The molecule has 1 aromatic carbocycles. The number of aliphatic hydroxyl groups excluding tert-OH is 1. The largest absolute Gasteiger partial charge is 0.389 e. The molecule has 1 aromatic heterocycles. The molecule has 0 saturated heterocycles. The molecule has 0 spiro atoms. The molecule has 0 aliphatic rings. The van der Waals surface area contributed by atoms with Crippen LogP contribution in [0.4, 0.5) is 0 Å². The highest BCUT2D eigenvalue weighted by Crippen LogP contribution is 2.18. The summed E-state index contributed by atoms with van der Waals surface area (Å²) >= 11 is 0. The fourth-order valence-electron chi connectivity index (χ4n) is 1.36. The molecule has 2 heteroatoms. The summed E-state index contributed by atoms with van der Waals surface area (Å²) < 4.78 is 0. The van der Waals surface area contributed by atoms with E-state index < -0.39 is 6.10 Å². The zero-order valence-electron chi connectivity index (χ0n) is 7.44. The minimum absolute atomic E-state index is 0.412. The molecule has 1 N–H and O–H groups in total. The summed E-state index contributed by atoms with van der Waals surface area (Å²) in [6.07, 6.45) is 3.16. The number of hydrogen-bond acceptors (Lipinski definition) is 2. The number of benzene rings is 1. The molecule has 0 aliphatic carbocycles. The van der Waals surface area contributed by atoms with E-state index in [1.165, 1.54) is 0 Å². The Morgan fingerprint density at radius 2 is 2.08 bits per heavy atom. The molecule has 0 bridgehead atoms. The SMILES string of the molecule is CC(O)c1ccc2ccncc2c1. The van der Waals surface area contributed by atoms with Crippen molar-refractivity contribution in [3.05, 3.63) is 42.2 Å². The van der Waals surface area contributed by atoms with Crippen molar-refractivity contribution in [2.75, 3.05) is 0 Å². The zero-order chi connectivity index (χ0) is 9.26. The third-order valence-electron chi connectivity index (χ3n) is 2.15. The lowest BCUT2D eigenvalue weighted by Gasteiger charge is -2.05. The highest BCUT2D eigenvalue weighted by molar-refractivity contribution is 5.82. The Labute approximate surface area is 76.9 Å². The average Bonchev–Trinajstić information content (AvgIpc) is 2.17. The van der Waals surface area contributed by atoms with Crippen molar-refractivity contribution in [3.8, 4) is 0 Å². The van der Waals surface area contributed by atoms with Gasteiger partial charge < -0.3 is 5.11 Å². The second kappa shape index (κ2) is 3.15. The van der Waals surface area contributed by atoms with E-state index in [2.05, 4.69) is 4.98 Å². The Morgan fingerprint density at radius 3 is 2.85 bits per heavy atom. The second-order valence-electron chi connectivity index (χ2n) is 3.16. The van der Waals surface area contributed by atoms with Crippen molar-refractivity contribution in [2.24, 2.45) is 0 Å². The molecule has 1 heterocycles. The van der Waals surface area contributed by atoms with Gasteiger partial charge in [0.25, 0.3) is 0 Å². The van der Waals surface area contributed by atoms with Crippen LogP contribution in [0.15, 0.2) is 36.7 Å². The van der Waals surface area contributed by atoms with Crippen LogP contribution in [0.1, 0.15) is 18.6 Å². The Morgan fingerprint density at radius 1 is 1.23 bits per heavy atom. The van der Waals surface area contributed by atoms with Gasteiger partial charge in [-0.2, -0.15) is 0 Å². The molecule has 1 unspecified atom stereocenters. The summed E-state index contributed by atoms with van der Waals surface area (Å²) in [5, 5.41) is 11.6. The van der Waals surface area contributed by atoms with Crippen LogP contribution in [0.25, 0.3) is 10.8 Å². The predicted molar refractivity (Wildman–Crippen MR) is 52.4 cm³/mol. The summed E-state index contributed by atoms with van der Waals surface area (Å²) in [5.41, 5.74) is 0.931. The number of fused-ring (bicyclic) bond motifs is 1. The molecule has 2 aromatic rings. The first-order chi connectivity index (χ1) is 6.27. The number of hydrogen-bond donors (Lipinski definition) is 1. The molecule has 2 nitrogen and oxygen atoms in total. The number of rotatable bonds is 1. The molecular formula is C11H11NO. The van der Waals surface area contributed by atoms with E-state index in [9.17, 15) is 5.11 Å². The number of nitrogens with zero attached hydrogens (tertiary/aromatic N) is 1. The van der Waals surface area contributed by atoms with Crippen molar-refractivity contribution >= 4 is 10.8 Å². The molecule has 0 aliphatic heterocycles. The second-order valence-corrected chi connectivity index (χ2v) is 3.16. The predicted octanol–water partition coefficient (Wildman–Crippen LogP) is 2.29. The van der Waals surface area contributed by atoms with Gasteiger partial charge in [-0.3, -0.25) is 4.98 Å². The topological polar surface area (TPSA) is 33.1 Å². The van der Waals surface area contributed by atoms with Gasteiger partial charge >= 0.3 is 0 Å². The summed E-state index contributed by atoms with van der Waals surface area (Å²) in [6.45, 7) is 1.76. The van der Waals surface area contributed by atoms with E-state index in [4.69, 9.17) is 0 Å². The maximum atomic E-state index is 9.36. The van der Waals surface area contributed by atoms with Gasteiger partial charge in [-0.15, -0.1) is 0 Å². The molecule has 0 amide bonds. The average molecular weight is 173 g/mol. The fourth-order valence-corrected chi connectivity index (χ4v) is 1.36. The standard InChI is InChI=1S/C11H11NO/c1-8(13)10-3-2-9-4-5-12-7-11(9)6-10/h2-8,13H,1H3. The Balaban J connectivity index is 2.62. The van der Waals surface area contributed by atoms with Gasteiger partial charge in [0.2, 0.25) is 0 Å². The molecule has 66 valence electrons. The van der Waals surface area contributed by atoms with Crippen LogP contribution in [0.3, 0.4) is 0 Å². The van der Waals surface area contributed by atoms with Gasteiger partial charge in [0, 0.05) is 17.8 Å². The first kappa shape index (κ1) is 8.20. The van der Waals surface area contributed by atoms with Gasteiger partial charge in [0.05, 0.1) is 6.10 Å². The maximum absolute atomic E-state index is 9.36. The quantitative estimate of drug-likeness (QED) is 0.717. The van der Waals surface area contributed by atoms with E-state index in [1.54, 1.807) is 19.3 Å². The molecule has 13 heavy (non-hydrogen) atoms. The lowest BCUT2D eigenvalue weighted by Crippen LogP contribution is -1.90. The zero-order valence-corrected chi connectivity index (χ0v) is 7.44. The van der Waals surface area contributed by atoms with Crippen LogP contribution >= 0.6 is 0 Å². The number of aliphatic hydroxyl groups is 1. The van der Waals surface area contributed by atoms with Gasteiger partial charge in [-0.05, 0) is 30.0 Å². The normalized spacial score (nSPS) is 13.1. The van der Waals surface area contributed by atoms with E-state index in [1.807, 2.05) is 24.3 Å². The number of pyridine rings is 1. The van der Waals surface area contributed by atoms with Crippen LogP contribution in [-0.4, -0.2) is 10.1 Å². The Hall–Kier alpha value is -1.41. The molecule has 0 radical (unpaired) electrons. The van der Waals surface area contributed by atoms with E-state index in [-0.39, 0.29) is 0 Å². The van der Waals surface area contributed by atoms with Crippen LogP contribution in [-0.2, 0) is 0 Å². The molecule has 2 rings (SSSR count). The van der Waals surface area contributed by atoms with E-state index >= 15 is 0 Å². The highest BCUT2D eigenvalue weighted by atomic mass is 16.3. The molecule has 1 atom stereocenters. The third kappa shape index (κ3) is 1.53. The van der Waals surface area contributed by atoms with Gasteiger partial charge in [0.1, 0.15) is 0 Å². The van der Waals surface area contributed by atoms with Crippen molar-refractivity contribution in [2.45, 2.75) is 13.0 Å². The fraction of sp³-hybridized carbons (Fsp3) is 0.182.